The minimum Gasteiger partial charge on any atom is -0.236 e. The molecular formula is C48H66N2S. The number of allylic oxidation sites excluding steroid dienone is 1. The maximum atomic E-state index is 9.40. The lowest BCUT2D eigenvalue weighted by Crippen LogP contribution is -2.23. The Kier molecular flexibility index (Phi) is 12.7. The highest BCUT2D eigenvalue weighted by molar-refractivity contribution is 7.21. The predicted octanol–water partition coefficient (Wildman–Crippen LogP) is 14.3. The van der Waals surface area contributed by atoms with Crippen molar-refractivity contribution < 1.29 is 0 Å². The molecule has 2 aromatic carbocycles. The Hall–Kier alpha value is -2.44. The van der Waals surface area contributed by atoms with Gasteiger partial charge in [-0.3, -0.25) is 0 Å². The monoisotopic (exact) mass is 702 g/mol. The third kappa shape index (κ3) is 9.39. The average Bonchev–Trinajstić information content (AvgIpc) is 3.58. The first-order chi connectivity index (χ1) is 24.9. The molecule has 0 spiro atoms. The maximum absolute atomic E-state index is 9.40. The summed E-state index contributed by atoms with van der Waals surface area (Å²) in [5.74, 6) is 7.25. The molecule has 0 radical (unpaired) electrons. The van der Waals surface area contributed by atoms with Gasteiger partial charge in [0.15, 0.2) is 0 Å². The molecule has 0 N–H and O–H groups in total. The van der Waals surface area contributed by atoms with Crippen LogP contribution in [-0.4, -0.2) is 4.98 Å². The number of nitriles is 1. The molecule has 3 aromatic rings. The Balaban J connectivity index is 1.04. The minimum atomic E-state index is 0.647. The zero-order valence-electron chi connectivity index (χ0n) is 32.1. The van der Waals surface area contributed by atoms with Crippen LogP contribution in [0.2, 0.25) is 0 Å². The summed E-state index contributed by atoms with van der Waals surface area (Å²) in [4.78, 5) is 5.40. The second-order valence-corrected chi connectivity index (χ2v) is 19.2. The summed E-state index contributed by atoms with van der Waals surface area (Å²) in [6, 6.07) is 15.2. The Morgan fingerprint density at radius 1 is 0.667 bits per heavy atom. The lowest BCUT2D eigenvalue weighted by atomic mass is 9.71. The van der Waals surface area contributed by atoms with Crippen molar-refractivity contribution in [1.82, 2.24) is 4.98 Å². The van der Waals surface area contributed by atoms with E-state index in [9.17, 15) is 5.26 Å². The Morgan fingerprint density at radius 2 is 1.18 bits per heavy atom. The van der Waals surface area contributed by atoms with Crippen molar-refractivity contribution in [3.63, 3.8) is 0 Å². The van der Waals surface area contributed by atoms with Gasteiger partial charge in [-0.15, -0.1) is 11.3 Å². The lowest BCUT2D eigenvalue weighted by molar-refractivity contribution is 0.174. The fourth-order valence-corrected chi connectivity index (χ4v) is 12.3. The SMILES string of the molecule is C=C(Cc1ccc(CC2CCCC(C3CCC(C)CC3)CCC2)c2nc(-c3ccc(C#N)cc3)sc12)C1CCCC(C2CCC(C)CC2)CCC1. The predicted molar refractivity (Wildman–Crippen MR) is 218 cm³/mol. The van der Waals surface area contributed by atoms with Crippen molar-refractivity contribution in [2.45, 2.75) is 155 Å². The van der Waals surface area contributed by atoms with Gasteiger partial charge in [-0.05, 0) is 122 Å². The van der Waals surface area contributed by atoms with Gasteiger partial charge in [-0.2, -0.15) is 5.26 Å². The Bertz CT molecular complexity index is 1590. The van der Waals surface area contributed by atoms with Gasteiger partial charge in [-0.25, -0.2) is 4.98 Å². The fraction of sp³-hybridized carbons (Fsp3) is 0.667. The molecule has 2 nitrogen and oxygen atoms in total. The number of fused-ring (bicyclic) bond motifs is 1. The molecule has 51 heavy (non-hydrogen) atoms. The molecule has 0 aliphatic heterocycles. The van der Waals surface area contributed by atoms with Crippen LogP contribution in [0, 0.1) is 58.7 Å². The second kappa shape index (κ2) is 17.6. The zero-order chi connectivity index (χ0) is 35.2. The van der Waals surface area contributed by atoms with Gasteiger partial charge in [0.05, 0.1) is 21.8 Å². The number of hydrogen-bond donors (Lipinski definition) is 0. The van der Waals surface area contributed by atoms with E-state index < -0.39 is 0 Å². The van der Waals surface area contributed by atoms with E-state index in [0.29, 0.717) is 11.5 Å². The maximum Gasteiger partial charge on any atom is 0.124 e. The van der Waals surface area contributed by atoms with E-state index in [1.165, 1.54) is 155 Å². The minimum absolute atomic E-state index is 0.647. The van der Waals surface area contributed by atoms with Crippen molar-refractivity contribution in [1.29, 1.82) is 5.26 Å². The molecule has 1 heterocycles. The van der Waals surface area contributed by atoms with E-state index in [1.807, 2.05) is 23.5 Å². The average molecular weight is 703 g/mol. The van der Waals surface area contributed by atoms with Gasteiger partial charge in [0, 0.05) is 5.56 Å². The van der Waals surface area contributed by atoms with Crippen LogP contribution in [0.3, 0.4) is 0 Å². The number of nitrogens with zero attached hydrogens (tertiary/aromatic N) is 2. The van der Waals surface area contributed by atoms with Crippen LogP contribution in [0.1, 0.15) is 159 Å². The number of thiazole rings is 1. The van der Waals surface area contributed by atoms with Crippen LogP contribution in [0.15, 0.2) is 48.6 Å². The van der Waals surface area contributed by atoms with Gasteiger partial charge >= 0.3 is 0 Å². The van der Waals surface area contributed by atoms with Crippen molar-refractivity contribution in [3.05, 3.63) is 65.2 Å². The van der Waals surface area contributed by atoms with Gasteiger partial charge in [0.2, 0.25) is 0 Å². The molecule has 0 bridgehead atoms. The molecule has 0 unspecified atom stereocenters. The summed E-state index contributed by atoms with van der Waals surface area (Å²) < 4.78 is 1.38. The molecule has 3 heteroatoms. The van der Waals surface area contributed by atoms with Gasteiger partial charge in [-0.1, -0.05) is 140 Å². The summed E-state index contributed by atoms with van der Waals surface area (Å²) >= 11 is 1.87. The smallest absolute Gasteiger partial charge is 0.124 e. The van der Waals surface area contributed by atoms with Crippen LogP contribution in [0.5, 0.6) is 0 Å². The largest absolute Gasteiger partial charge is 0.236 e. The molecule has 1 aromatic heterocycles. The van der Waals surface area contributed by atoms with E-state index in [1.54, 1.807) is 0 Å². The topological polar surface area (TPSA) is 36.7 Å². The van der Waals surface area contributed by atoms with Crippen LogP contribution >= 0.6 is 11.3 Å². The summed E-state index contributed by atoms with van der Waals surface area (Å²) in [5, 5.41) is 10.5. The molecular weight excluding hydrogens is 637 g/mol. The van der Waals surface area contributed by atoms with Crippen LogP contribution < -0.4 is 0 Å². The van der Waals surface area contributed by atoms with Crippen molar-refractivity contribution in [2.24, 2.45) is 47.3 Å². The summed E-state index contributed by atoms with van der Waals surface area (Å²) in [7, 11) is 0. The van der Waals surface area contributed by atoms with Gasteiger partial charge in [0.25, 0.3) is 0 Å². The first-order valence-corrected chi connectivity index (χ1v) is 22.3. The highest BCUT2D eigenvalue weighted by atomic mass is 32.1. The van der Waals surface area contributed by atoms with E-state index in [-0.39, 0.29) is 0 Å². The molecule has 7 rings (SSSR count). The van der Waals surface area contributed by atoms with E-state index in [2.05, 4.69) is 44.2 Å². The Morgan fingerprint density at radius 3 is 1.73 bits per heavy atom. The summed E-state index contributed by atoms with van der Waals surface area (Å²) in [6.45, 7) is 9.70. The van der Waals surface area contributed by atoms with E-state index >= 15 is 0 Å². The summed E-state index contributed by atoms with van der Waals surface area (Å²) in [6.07, 6.45) is 30.6. The highest BCUT2D eigenvalue weighted by Crippen LogP contribution is 2.43. The standard InChI is InChI=1S/C48H66N2S/c1-33-16-22-41(23-17-33)39-12-4-8-36(9-5-13-39)31-44-28-29-45(47-46(44)50-48(51-47)43-26-20-37(32-49)21-27-43)30-35(3)38-10-6-14-40(15-7-11-38)42-24-18-34(2)19-25-42/h20-21,26-29,33-34,36,38-42H,3-19,22-25,30-31H2,1-2H3. The van der Waals surface area contributed by atoms with Crippen LogP contribution in [0.4, 0.5) is 0 Å². The van der Waals surface area contributed by atoms with Crippen molar-refractivity contribution in [2.75, 3.05) is 0 Å². The number of hydrogen-bond acceptors (Lipinski definition) is 3. The third-order valence-corrected chi connectivity index (χ3v) is 15.7. The van der Waals surface area contributed by atoms with E-state index in [4.69, 9.17) is 11.6 Å². The number of aromatic nitrogens is 1. The van der Waals surface area contributed by atoms with E-state index in [0.717, 1.165) is 64.8 Å². The number of benzene rings is 2. The Labute approximate surface area is 314 Å². The van der Waals surface area contributed by atoms with Crippen LogP contribution in [0.25, 0.3) is 20.8 Å². The van der Waals surface area contributed by atoms with Crippen molar-refractivity contribution in [3.8, 4) is 16.6 Å². The number of rotatable bonds is 8. The molecule has 274 valence electrons. The third-order valence-electron chi connectivity index (χ3n) is 14.6. The molecule has 4 fully saturated rings. The van der Waals surface area contributed by atoms with Gasteiger partial charge in [0.1, 0.15) is 5.01 Å². The quantitative estimate of drug-likeness (QED) is 0.219. The van der Waals surface area contributed by atoms with Crippen LogP contribution in [-0.2, 0) is 12.8 Å². The highest BCUT2D eigenvalue weighted by Gasteiger charge is 2.30. The zero-order valence-corrected chi connectivity index (χ0v) is 33.0. The molecule has 0 atom stereocenters. The normalized spacial score (nSPS) is 31.2. The van der Waals surface area contributed by atoms with Gasteiger partial charge < -0.3 is 0 Å². The molecule has 4 aliphatic carbocycles. The summed E-state index contributed by atoms with van der Waals surface area (Å²) in [5.41, 5.74) is 7.40. The molecule has 4 aliphatic rings. The van der Waals surface area contributed by atoms with Crippen molar-refractivity contribution >= 4 is 21.6 Å². The fourth-order valence-electron chi connectivity index (χ4n) is 11.2. The molecule has 0 saturated heterocycles. The second-order valence-electron chi connectivity index (χ2n) is 18.2. The molecule has 4 saturated carbocycles. The molecule has 0 amide bonds. The first kappa shape index (κ1) is 36.9. The lowest BCUT2D eigenvalue weighted by Gasteiger charge is -2.35. The first-order valence-electron chi connectivity index (χ1n) is 21.5.